The zero-order chi connectivity index (χ0) is 19.7. The minimum Gasteiger partial charge on any atom is -0.496 e. The van der Waals surface area contributed by atoms with E-state index in [1.807, 2.05) is 6.92 Å². The van der Waals surface area contributed by atoms with E-state index in [2.05, 4.69) is 0 Å². The minimum atomic E-state index is -0.566. The van der Waals surface area contributed by atoms with Crippen LogP contribution in [0.15, 0.2) is 64.8 Å². The fraction of sp³-hybridized carbons (Fsp3) is 0.0909. The predicted molar refractivity (Wildman–Crippen MR) is 101 cm³/mol. The van der Waals surface area contributed by atoms with Crippen molar-refractivity contribution in [2.24, 2.45) is 0 Å². The molecule has 0 N–H and O–H groups in total. The molecular formula is C22H16O6. The van der Waals surface area contributed by atoms with Gasteiger partial charge in [-0.15, -0.1) is 0 Å². The van der Waals surface area contributed by atoms with E-state index in [4.69, 9.17) is 18.6 Å². The Bertz CT molecular complexity index is 1110. The SMILES string of the molecule is COc1ccccc1C(=O)Oc1ccc2c(c1)OC(=Cc1ccc(C)o1)C2=O. The summed E-state index contributed by atoms with van der Waals surface area (Å²) in [5, 5.41) is 0. The molecule has 6 nitrogen and oxygen atoms in total. The summed E-state index contributed by atoms with van der Waals surface area (Å²) in [7, 11) is 1.48. The van der Waals surface area contributed by atoms with Crippen LogP contribution < -0.4 is 14.2 Å². The average Bonchev–Trinajstić information content (AvgIpc) is 3.24. The molecule has 0 aliphatic carbocycles. The molecule has 1 aromatic heterocycles. The maximum absolute atomic E-state index is 12.5. The molecule has 1 aliphatic heterocycles. The summed E-state index contributed by atoms with van der Waals surface area (Å²) in [5.41, 5.74) is 0.697. The Balaban J connectivity index is 1.56. The van der Waals surface area contributed by atoms with Crippen LogP contribution in [0.1, 0.15) is 32.2 Å². The molecule has 0 spiro atoms. The Labute approximate surface area is 160 Å². The number of carbonyl (C=O) groups excluding carboxylic acids is 2. The fourth-order valence-corrected chi connectivity index (χ4v) is 2.87. The van der Waals surface area contributed by atoms with Crippen LogP contribution in [0.2, 0.25) is 0 Å². The number of hydrogen-bond donors (Lipinski definition) is 0. The van der Waals surface area contributed by atoms with Gasteiger partial charge in [-0.1, -0.05) is 12.1 Å². The van der Waals surface area contributed by atoms with E-state index in [1.54, 1.807) is 48.5 Å². The molecule has 0 fully saturated rings. The molecule has 6 heteroatoms. The molecule has 0 saturated carbocycles. The van der Waals surface area contributed by atoms with Crippen LogP contribution in [0, 0.1) is 6.92 Å². The van der Waals surface area contributed by atoms with Crippen LogP contribution in [-0.4, -0.2) is 18.9 Å². The highest BCUT2D eigenvalue weighted by molar-refractivity contribution is 6.14. The first-order chi connectivity index (χ1) is 13.5. The summed E-state index contributed by atoms with van der Waals surface area (Å²) < 4.78 is 21.7. The Kier molecular flexibility index (Phi) is 4.45. The lowest BCUT2D eigenvalue weighted by Gasteiger charge is -2.08. The monoisotopic (exact) mass is 376 g/mol. The van der Waals surface area contributed by atoms with Gasteiger partial charge in [-0.05, 0) is 43.3 Å². The second-order valence-electron chi connectivity index (χ2n) is 6.14. The Hall–Kier alpha value is -3.80. The lowest BCUT2D eigenvalue weighted by molar-refractivity contribution is 0.0731. The first kappa shape index (κ1) is 17.6. The molecule has 0 unspecified atom stereocenters. The number of Topliss-reactive ketones (excluding diaryl/α,β-unsaturated/α-hetero) is 1. The normalized spacial score (nSPS) is 13.9. The molecule has 0 bridgehead atoms. The van der Waals surface area contributed by atoms with Crippen molar-refractivity contribution in [2.75, 3.05) is 7.11 Å². The fourth-order valence-electron chi connectivity index (χ4n) is 2.87. The number of ketones is 1. The molecule has 0 atom stereocenters. The molecule has 0 amide bonds. The molecule has 2 heterocycles. The smallest absolute Gasteiger partial charge is 0.347 e. The second-order valence-corrected chi connectivity index (χ2v) is 6.14. The summed E-state index contributed by atoms with van der Waals surface area (Å²) in [6.07, 6.45) is 1.54. The van der Waals surface area contributed by atoms with Crippen LogP contribution in [-0.2, 0) is 0 Å². The highest BCUT2D eigenvalue weighted by Gasteiger charge is 2.28. The van der Waals surface area contributed by atoms with Crippen LogP contribution >= 0.6 is 0 Å². The van der Waals surface area contributed by atoms with Gasteiger partial charge in [0.05, 0.1) is 12.7 Å². The van der Waals surface area contributed by atoms with Crippen LogP contribution in [0.3, 0.4) is 0 Å². The molecule has 140 valence electrons. The van der Waals surface area contributed by atoms with Gasteiger partial charge in [0.25, 0.3) is 0 Å². The number of hydrogen-bond acceptors (Lipinski definition) is 6. The highest BCUT2D eigenvalue weighted by atomic mass is 16.5. The van der Waals surface area contributed by atoms with Crippen LogP contribution in [0.4, 0.5) is 0 Å². The zero-order valence-electron chi connectivity index (χ0n) is 15.2. The molecule has 0 radical (unpaired) electrons. The van der Waals surface area contributed by atoms with Crippen molar-refractivity contribution in [2.45, 2.75) is 6.92 Å². The standard InChI is InChI=1S/C22H16O6/c1-13-7-8-14(26-13)12-20-21(23)16-10-9-15(11-19(16)28-20)27-22(24)17-5-3-4-6-18(17)25-2/h3-12H,1-2H3. The number of furan rings is 1. The molecule has 0 saturated heterocycles. The molecule has 4 rings (SSSR count). The summed E-state index contributed by atoms with van der Waals surface area (Å²) in [5.74, 6) is 1.59. The number of aryl methyl sites for hydroxylation is 1. The average molecular weight is 376 g/mol. The van der Waals surface area contributed by atoms with Gasteiger partial charge in [0.2, 0.25) is 5.78 Å². The summed E-state index contributed by atoms with van der Waals surface area (Å²) in [4.78, 5) is 24.9. The van der Waals surface area contributed by atoms with Crippen LogP contribution in [0.25, 0.3) is 6.08 Å². The highest BCUT2D eigenvalue weighted by Crippen LogP contribution is 2.35. The van der Waals surface area contributed by atoms with Gasteiger partial charge in [0.15, 0.2) is 5.76 Å². The van der Waals surface area contributed by atoms with Crippen molar-refractivity contribution in [1.29, 1.82) is 0 Å². The summed E-state index contributed by atoms with van der Waals surface area (Å²) in [6, 6.07) is 14.9. The third-order valence-electron chi connectivity index (χ3n) is 4.21. The van der Waals surface area contributed by atoms with Gasteiger partial charge in [0.1, 0.15) is 34.3 Å². The van der Waals surface area contributed by atoms with E-state index in [9.17, 15) is 9.59 Å². The van der Waals surface area contributed by atoms with Crippen molar-refractivity contribution in [3.05, 3.63) is 83.0 Å². The number of rotatable bonds is 4. The van der Waals surface area contributed by atoms with E-state index < -0.39 is 5.97 Å². The minimum absolute atomic E-state index is 0.151. The molecule has 1 aliphatic rings. The van der Waals surface area contributed by atoms with Gasteiger partial charge in [-0.2, -0.15) is 0 Å². The topological polar surface area (TPSA) is 75.0 Å². The Morgan fingerprint density at radius 3 is 2.64 bits per heavy atom. The quantitative estimate of drug-likeness (QED) is 0.381. The van der Waals surface area contributed by atoms with E-state index >= 15 is 0 Å². The van der Waals surface area contributed by atoms with Crippen molar-refractivity contribution >= 4 is 17.8 Å². The molecule has 28 heavy (non-hydrogen) atoms. The van der Waals surface area contributed by atoms with Crippen molar-refractivity contribution in [3.8, 4) is 17.2 Å². The second kappa shape index (κ2) is 7.08. The number of para-hydroxylation sites is 1. The van der Waals surface area contributed by atoms with E-state index in [0.717, 1.165) is 5.76 Å². The number of ether oxygens (including phenoxy) is 3. The maximum atomic E-state index is 12.5. The number of fused-ring (bicyclic) bond motifs is 1. The number of methoxy groups -OCH3 is 1. The number of carbonyl (C=O) groups is 2. The van der Waals surface area contributed by atoms with E-state index in [0.29, 0.717) is 28.4 Å². The first-order valence-electron chi connectivity index (χ1n) is 8.55. The van der Waals surface area contributed by atoms with Crippen LogP contribution in [0.5, 0.6) is 17.2 Å². The van der Waals surface area contributed by atoms with Gasteiger partial charge in [-0.25, -0.2) is 4.79 Å². The number of benzene rings is 2. The van der Waals surface area contributed by atoms with E-state index in [1.165, 1.54) is 19.3 Å². The van der Waals surface area contributed by atoms with Crippen molar-refractivity contribution in [3.63, 3.8) is 0 Å². The summed E-state index contributed by atoms with van der Waals surface area (Å²) in [6.45, 7) is 1.82. The zero-order valence-corrected chi connectivity index (χ0v) is 15.2. The lowest BCUT2D eigenvalue weighted by Crippen LogP contribution is -2.10. The van der Waals surface area contributed by atoms with E-state index in [-0.39, 0.29) is 17.3 Å². The largest absolute Gasteiger partial charge is 0.496 e. The van der Waals surface area contributed by atoms with Crippen molar-refractivity contribution < 1.29 is 28.2 Å². The van der Waals surface area contributed by atoms with Gasteiger partial charge >= 0.3 is 5.97 Å². The molecule has 3 aromatic rings. The Morgan fingerprint density at radius 2 is 1.89 bits per heavy atom. The maximum Gasteiger partial charge on any atom is 0.347 e. The first-order valence-corrected chi connectivity index (χ1v) is 8.55. The van der Waals surface area contributed by atoms with Crippen molar-refractivity contribution in [1.82, 2.24) is 0 Å². The molecular weight excluding hydrogens is 360 g/mol. The number of allylic oxidation sites excluding steroid dienone is 1. The third-order valence-corrected chi connectivity index (χ3v) is 4.21. The third kappa shape index (κ3) is 3.27. The van der Waals surface area contributed by atoms with Gasteiger partial charge in [-0.3, -0.25) is 4.79 Å². The number of esters is 1. The Morgan fingerprint density at radius 1 is 1.07 bits per heavy atom. The lowest BCUT2D eigenvalue weighted by atomic mass is 10.1. The molecule has 2 aromatic carbocycles. The van der Waals surface area contributed by atoms with Gasteiger partial charge < -0.3 is 18.6 Å². The van der Waals surface area contributed by atoms with Gasteiger partial charge in [0, 0.05) is 12.1 Å². The summed E-state index contributed by atoms with van der Waals surface area (Å²) >= 11 is 0. The predicted octanol–water partition coefficient (Wildman–Crippen LogP) is 4.43.